The van der Waals surface area contributed by atoms with Gasteiger partial charge in [-0.3, -0.25) is 4.57 Å². The summed E-state index contributed by atoms with van der Waals surface area (Å²) in [6.45, 7) is 1.90. The third kappa shape index (κ3) is 4.74. The van der Waals surface area contributed by atoms with Crippen LogP contribution in [0.4, 0.5) is 0 Å². The van der Waals surface area contributed by atoms with E-state index in [4.69, 9.17) is 18.7 Å². The number of ether oxygens (including phenoxy) is 3. The predicted octanol–water partition coefficient (Wildman–Crippen LogP) is 3.89. The normalized spacial score (nSPS) is 18.3. The Morgan fingerprint density at radius 3 is 3.03 bits per heavy atom. The number of benzene rings is 1. The number of rotatable bonds is 7. The lowest BCUT2D eigenvalue weighted by molar-refractivity contribution is 0.0661. The first-order valence-corrected chi connectivity index (χ1v) is 12.2. The first-order chi connectivity index (χ1) is 17.7. The van der Waals surface area contributed by atoms with Crippen molar-refractivity contribution in [2.45, 2.75) is 44.9 Å². The molecule has 6 rings (SSSR count). The first-order valence-electron chi connectivity index (χ1n) is 12.2. The maximum atomic E-state index is 12.6. The van der Waals surface area contributed by atoms with Crippen molar-refractivity contribution in [1.82, 2.24) is 19.7 Å². The zero-order valence-corrected chi connectivity index (χ0v) is 19.8. The summed E-state index contributed by atoms with van der Waals surface area (Å²) >= 11 is 0. The smallest absolute Gasteiger partial charge is 0.351 e. The lowest BCUT2D eigenvalue weighted by Gasteiger charge is -2.22. The first kappa shape index (κ1) is 22.5. The Morgan fingerprint density at radius 1 is 1.14 bits per heavy atom. The van der Waals surface area contributed by atoms with Gasteiger partial charge in [-0.25, -0.2) is 4.79 Å². The van der Waals surface area contributed by atoms with Crippen molar-refractivity contribution in [1.29, 1.82) is 0 Å². The zero-order valence-electron chi connectivity index (χ0n) is 19.8. The van der Waals surface area contributed by atoms with Crippen molar-refractivity contribution >= 4 is 5.57 Å². The molecule has 4 heterocycles. The van der Waals surface area contributed by atoms with Gasteiger partial charge >= 0.3 is 5.69 Å². The van der Waals surface area contributed by atoms with Gasteiger partial charge in [0.25, 0.3) is 5.89 Å². The Labute approximate surface area is 207 Å². The van der Waals surface area contributed by atoms with Gasteiger partial charge in [0.05, 0.1) is 11.8 Å². The molecule has 0 radical (unpaired) electrons. The van der Waals surface area contributed by atoms with Crippen LogP contribution in [0.2, 0.25) is 0 Å². The summed E-state index contributed by atoms with van der Waals surface area (Å²) in [5.41, 5.74) is 3.43. The number of aromatic nitrogens is 4. The molecule has 36 heavy (non-hydrogen) atoms. The Bertz CT molecular complexity index is 1410. The molecule has 1 aliphatic carbocycles. The number of allylic oxidation sites excluding steroid dienone is 6. The second-order valence-electron chi connectivity index (χ2n) is 8.92. The third-order valence-electron chi connectivity index (χ3n) is 6.45. The highest BCUT2D eigenvalue weighted by Crippen LogP contribution is 2.32. The molecule has 2 aliphatic heterocycles. The zero-order chi connectivity index (χ0) is 24.3. The maximum absolute atomic E-state index is 12.6. The average molecular weight is 487 g/mol. The SMILES string of the molecule is O=c1nc(OCC2CCCO2)cc2n1CCc1cc(OCc3noc(C4=CC=CCC=C4)n3)ccc1-2. The topological polar surface area (TPSA) is 102 Å². The number of nitrogens with zero attached hydrogens (tertiary/aromatic N) is 4. The molecule has 0 N–H and O–H groups in total. The quantitative estimate of drug-likeness (QED) is 0.496. The Kier molecular flexibility index (Phi) is 6.21. The van der Waals surface area contributed by atoms with Crippen LogP contribution in [0.5, 0.6) is 11.6 Å². The minimum atomic E-state index is -0.303. The van der Waals surface area contributed by atoms with Crippen molar-refractivity contribution in [3.05, 3.63) is 82.4 Å². The molecule has 9 heteroatoms. The molecule has 1 aromatic carbocycles. The Morgan fingerprint density at radius 2 is 2.11 bits per heavy atom. The molecule has 0 spiro atoms. The van der Waals surface area contributed by atoms with Crippen molar-refractivity contribution in [2.24, 2.45) is 0 Å². The van der Waals surface area contributed by atoms with Gasteiger partial charge in [-0.2, -0.15) is 9.97 Å². The average Bonchev–Trinajstić information content (AvgIpc) is 3.52. The standard InChI is InChI=1S/C27H26N4O5/c32-27-29-25(35-16-21-8-5-13-33-21)15-23-22-10-9-20(14-19(22)11-12-31(23)27)34-17-24-28-26(36-30-24)18-6-3-1-2-4-7-18/h1,3-4,6-7,9-10,14-15,21H,2,5,8,11-13,16-17H2. The van der Waals surface area contributed by atoms with E-state index in [9.17, 15) is 4.79 Å². The lowest BCUT2D eigenvalue weighted by atomic mass is 9.97. The number of hydrogen-bond donors (Lipinski definition) is 0. The summed E-state index contributed by atoms with van der Waals surface area (Å²) < 4.78 is 24.5. The summed E-state index contributed by atoms with van der Waals surface area (Å²) in [7, 11) is 0. The van der Waals surface area contributed by atoms with E-state index in [2.05, 4.69) is 21.2 Å². The minimum absolute atomic E-state index is 0.0602. The molecule has 1 atom stereocenters. The van der Waals surface area contributed by atoms with E-state index in [1.807, 2.05) is 48.6 Å². The van der Waals surface area contributed by atoms with Crippen molar-refractivity contribution in [3.63, 3.8) is 0 Å². The van der Waals surface area contributed by atoms with E-state index in [1.54, 1.807) is 4.57 Å². The second kappa shape index (κ2) is 9.94. The van der Waals surface area contributed by atoms with Gasteiger partial charge < -0.3 is 18.7 Å². The van der Waals surface area contributed by atoms with Crippen molar-refractivity contribution < 1.29 is 18.7 Å². The summed E-state index contributed by atoms with van der Waals surface area (Å²) in [6, 6.07) is 7.68. The van der Waals surface area contributed by atoms with E-state index < -0.39 is 0 Å². The number of hydrogen-bond acceptors (Lipinski definition) is 8. The van der Waals surface area contributed by atoms with Crippen LogP contribution >= 0.6 is 0 Å². The molecular formula is C27H26N4O5. The van der Waals surface area contributed by atoms with Crippen LogP contribution in [-0.2, 0) is 24.3 Å². The van der Waals surface area contributed by atoms with Crippen LogP contribution < -0.4 is 15.2 Å². The Balaban J connectivity index is 1.16. The number of fused-ring (bicyclic) bond motifs is 3. The van der Waals surface area contributed by atoms with Crippen LogP contribution in [0, 0.1) is 0 Å². The van der Waals surface area contributed by atoms with Gasteiger partial charge in [-0.1, -0.05) is 29.5 Å². The summed E-state index contributed by atoms with van der Waals surface area (Å²) in [5.74, 6) is 1.98. The summed E-state index contributed by atoms with van der Waals surface area (Å²) in [4.78, 5) is 21.2. The van der Waals surface area contributed by atoms with Gasteiger partial charge in [0.2, 0.25) is 11.7 Å². The maximum Gasteiger partial charge on any atom is 0.351 e. The highest BCUT2D eigenvalue weighted by atomic mass is 16.5. The van der Waals surface area contributed by atoms with Crippen LogP contribution in [-0.4, -0.2) is 39.0 Å². The van der Waals surface area contributed by atoms with Gasteiger partial charge in [0.15, 0.2) is 6.61 Å². The number of aryl methyl sites for hydroxylation is 1. The fourth-order valence-corrected chi connectivity index (χ4v) is 4.60. The highest BCUT2D eigenvalue weighted by molar-refractivity contribution is 5.70. The molecule has 9 nitrogen and oxygen atoms in total. The van der Waals surface area contributed by atoms with Gasteiger partial charge in [-0.05, 0) is 55.5 Å². The molecule has 1 unspecified atom stereocenters. The molecule has 2 aromatic heterocycles. The molecule has 3 aliphatic rings. The van der Waals surface area contributed by atoms with Crippen LogP contribution in [0.25, 0.3) is 16.8 Å². The molecule has 3 aromatic rings. The van der Waals surface area contributed by atoms with E-state index in [1.165, 1.54) is 0 Å². The van der Waals surface area contributed by atoms with Gasteiger partial charge in [-0.15, -0.1) is 0 Å². The molecule has 0 saturated carbocycles. The molecule has 1 saturated heterocycles. The van der Waals surface area contributed by atoms with E-state index in [0.717, 1.165) is 48.3 Å². The monoisotopic (exact) mass is 486 g/mol. The Hall–Kier alpha value is -3.98. The molecule has 0 amide bonds. The van der Waals surface area contributed by atoms with Gasteiger partial charge in [0.1, 0.15) is 12.4 Å². The largest absolute Gasteiger partial charge is 0.485 e. The van der Waals surface area contributed by atoms with Crippen molar-refractivity contribution in [2.75, 3.05) is 13.2 Å². The minimum Gasteiger partial charge on any atom is -0.485 e. The fraction of sp³-hybridized carbons (Fsp3) is 0.333. The van der Waals surface area contributed by atoms with Crippen LogP contribution in [0.3, 0.4) is 0 Å². The van der Waals surface area contributed by atoms with Crippen LogP contribution in [0.1, 0.15) is 36.5 Å². The fourth-order valence-electron chi connectivity index (χ4n) is 4.60. The molecule has 0 bridgehead atoms. The van der Waals surface area contributed by atoms with E-state index in [-0.39, 0.29) is 18.4 Å². The molecule has 1 fully saturated rings. The third-order valence-corrected chi connectivity index (χ3v) is 6.45. The molecule has 184 valence electrons. The predicted molar refractivity (Wildman–Crippen MR) is 132 cm³/mol. The summed E-state index contributed by atoms with van der Waals surface area (Å²) in [5, 5.41) is 4.04. The second-order valence-corrected chi connectivity index (χ2v) is 8.92. The lowest BCUT2D eigenvalue weighted by Crippen LogP contribution is -2.29. The molecular weight excluding hydrogens is 460 g/mol. The van der Waals surface area contributed by atoms with E-state index >= 15 is 0 Å². The highest BCUT2D eigenvalue weighted by Gasteiger charge is 2.21. The summed E-state index contributed by atoms with van der Waals surface area (Å²) in [6.07, 6.45) is 13.6. The van der Waals surface area contributed by atoms with E-state index in [0.29, 0.717) is 42.9 Å². The van der Waals surface area contributed by atoms with Gasteiger partial charge in [0, 0.05) is 30.4 Å². The van der Waals surface area contributed by atoms with Crippen LogP contribution in [0.15, 0.2) is 64.0 Å². The van der Waals surface area contributed by atoms with Crippen molar-refractivity contribution in [3.8, 4) is 22.9 Å².